The first-order valence-electron chi connectivity index (χ1n) is 7.59. The maximum Gasteiger partial charge on any atom is 0.225 e. The Balaban J connectivity index is 2.01. The first-order chi connectivity index (χ1) is 10.4. The molecule has 0 saturated carbocycles. The van der Waals surface area contributed by atoms with Gasteiger partial charge in [0, 0.05) is 18.4 Å². The van der Waals surface area contributed by atoms with Gasteiger partial charge in [-0.3, -0.25) is 4.79 Å². The van der Waals surface area contributed by atoms with Crippen molar-refractivity contribution in [1.29, 1.82) is 0 Å². The number of imidazole rings is 1. The van der Waals surface area contributed by atoms with E-state index in [2.05, 4.69) is 20.8 Å². The lowest BCUT2D eigenvalue weighted by Crippen LogP contribution is -2.35. The Morgan fingerprint density at radius 2 is 2.09 bits per heavy atom. The number of carbonyl (C=O) groups excluding carboxylic acids is 1. The topological polar surface area (TPSA) is 46.9 Å². The number of nitrogens with zero attached hydrogens (tertiary/aromatic N) is 2. The number of carbonyl (C=O) groups is 1. The molecule has 0 aliphatic heterocycles. The van der Waals surface area contributed by atoms with Gasteiger partial charge in [-0.15, -0.1) is 6.42 Å². The van der Waals surface area contributed by atoms with Crippen LogP contribution in [-0.2, 0) is 17.8 Å². The monoisotopic (exact) mass is 297 g/mol. The largest absolute Gasteiger partial charge is 0.356 e. The molecule has 0 bridgehead atoms. The number of aromatic nitrogens is 2. The molecule has 1 N–H and O–H groups in total. The minimum absolute atomic E-state index is 0.0737. The van der Waals surface area contributed by atoms with Gasteiger partial charge >= 0.3 is 0 Å². The number of nitrogens with one attached hydrogen (secondary N) is 1. The molecule has 22 heavy (non-hydrogen) atoms. The molecule has 1 heterocycles. The van der Waals surface area contributed by atoms with Gasteiger partial charge < -0.3 is 9.88 Å². The van der Waals surface area contributed by atoms with Gasteiger partial charge in [-0.1, -0.05) is 38.8 Å². The van der Waals surface area contributed by atoms with Gasteiger partial charge in [-0.25, -0.2) is 4.98 Å². The highest BCUT2D eigenvalue weighted by molar-refractivity contribution is 5.81. The van der Waals surface area contributed by atoms with E-state index in [4.69, 9.17) is 6.42 Å². The summed E-state index contributed by atoms with van der Waals surface area (Å²) in [6.07, 6.45) is 7.10. The number of para-hydroxylation sites is 2. The minimum Gasteiger partial charge on any atom is -0.356 e. The molecule has 0 atom stereocenters. The molecule has 4 heteroatoms. The maximum absolute atomic E-state index is 11.8. The van der Waals surface area contributed by atoms with Gasteiger partial charge in [-0.2, -0.15) is 0 Å². The zero-order valence-electron chi connectivity index (χ0n) is 13.5. The van der Waals surface area contributed by atoms with E-state index in [1.807, 2.05) is 45.0 Å². The molecule has 2 aromatic rings. The molecule has 0 saturated heterocycles. The summed E-state index contributed by atoms with van der Waals surface area (Å²) in [5.74, 6) is 3.73. The Bertz CT molecular complexity index is 701. The molecule has 0 spiro atoms. The number of terminal acetylenes is 1. The zero-order valence-corrected chi connectivity index (χ0v) is 13.5. The standard InChI is InChI=1S/C18H23N3O/c1-5-13-21-15-10-7-6-9-14(15)20-16(21)11-8-12-19-17(22)18(2,3)4/h1,6-7,9-10H,8,11-13H2,2-4H3,(H,19,22). The Morgan fingerprint density at radius 1 is 1.36 bits per heavy atom. The second-order valence-electron chi connectivity index (χ2n) is 6.42. The lowest BCUT2D eigenvalue weighted by atomic mass is 9.96. The van der Waals surface area contributed by atoms with E-state index in [1.165, 1.54) is 0 Å². The van der Waals surface area contributed by atoms with Crippen LogP contribution < -0.4 is 5.32 Å². The number of hydrogen-bond acceptors (Lipinski definition) is 2. The summed E-state index contributed by atoms with van der Waals surface area (Å²) in [5.41, 5.74) is 1.68. The Morgan fingerprint density at radius 3 is 2.77 bits per heavy atom. The number of rotatable bonds is 5. The molecule has 2 rings (SSSR count). The van der Waals surface area contributed by atoms with Crippen LogP contribution >= 0.6 is 0 Å². The highest BCUT2D eigenvalue weighted by atomic mass is 16.2. The molecule has 1 aromatic carbocycles. The molecule has 1 amide bonds. The van der Waals surface area contributed by atoms with Crippen molar-refractivity contribution >= 4 is 16.9 Å². The van der Waals surface area contributed by atoms with Crippen LogP contribution in [0.5, 0.6) is 0 Å². The molecule has 0 aliphatic carbocycles. The molecule has 0 radical (unpaired) electrons. The molecule has 0 aliphatic rings. The fourth-order valence-corrected chi connectivity index (χ4v) is 2.30. The Labute approximate surface area is 131 Å². The second-order valence-corrected chi connectivity index (χ2v) is 6.42. The second kappa shape index (κ2) is 6.65. The van der Waals surface area contributed by atoms with Crippen LogP contribution in [0.4, 0.5) is 0 Å². The average Bonchev–Trinajstić information content (AvgIpc) is 2.81. The molecule has 1 aromatic heterocycles. The van der Waals surface area contributed by atoms with E-state index >= 15 is 0 Å². The van der Waals surface area contributed by atoms with Crippen molar-refractivity contribution in [3.05, 3.63) is 30.1 Å². The zero-order chi connectivity index (χ0) is 16.2. The van der Waals surface area contributed by atoms with Crippen LogP contribution in [0.15, 0.2) is 24.3 Å². The summed E-state index contributed by atoms with van der Waals surface area (Å²) in [6, 6.07) is 7.99. The van der Waals surface area contributed by atoms with Crippen LogP contribution in [0.2, 0.25) is 0 Å². The fraction of sp³-hybridized carbons (Fsp3) is 0.444. The van der Waals surface area contributed by atoms with Crippen LogP contribution in [0.1, 0.15) is 33.0 Å². The molecule has 0 unspecified atom stereocenters. The summed E-state index contributed by atoms with van der Waals surface area (Å²) >= 11 is 0. The number of fused-ring (bicyclic) bond motifs is 1. The van der Waals surface area contributed by atoms with Gasteiger partial charge in [0.1, 0.15) is 5.82 Å². The third-order valence-corrected chi connectivity index (χ3v) is 3.53. The fourth-order valence-electron chi connectivity index (χ4n) is 2.30. The van der Waals surface area contributed by atoms with Crippen LogP contribution in [0.25, 0.3) is 11.0 Å². The smallest absolute Gasteiger partial charge is 0.225 e. The molecule has 4 nitrogen and oxygen atoms in total. The minimum atomic E-state index is -0.351. The SMILES string of the molecule is C#CCn1c(CCCNC(=O)C(C)(C)C)nc2ccccc21. The number of amides is 1. The number of aryl methyl sites for hydroxylation is 1. The van der Waals surface area contributed by atoms with E-state index < -0.39 is 0 Å². The van der Waals surface area contributed by atoms with E-state index in [1.54, 1.807) is 0 Å². The average molecular weight is 297 g/mol. The van der Waals surface area contributed by atoms with Crippen molar-refractivity contribution < 1.29 is 4.79 Å². The summed E-state index contributed by atoms with van der Waals surface area (Å²) in [6.45, 7) is 6.90. The highest BCUT2D eigenvalue weighted by Gasteiger charge is 2.20. The van der Waals surface area contributed by atoms with Gasteiger partial charge in [0.05, 0.1) is 17.6 Å². The van der Waals surface area contributed by atoms with E-state index in [0.29, 0.717) is 13.1 Å². The number of benzene rings is 1. The summed E-state index contributed by atoms with van der Waals surface area (Å²) < 4.78 is 2.07. The molecule has 0 fully saturated rings. The van der Waals surface area contributed by atoms with Gasteiger partial charge in [0.2, 0.25) is 5.91 Å². The van der Waals surface area contributed by atoms with Crippen molar-refractivity contribution in [1.82, 2.24) is 14.9 Å². The number of hydrogen-bond donors (Lipinski definition) is 1. The lowest BCUT2D eigenvalue weighted by molar-refractivity contribution is -0.128. The van der Waals surface area contributed by atoms with Gasteiger partial charge in [-0.05, 0) is 18.6 Å². The van der Waals surface area contributed by atoms with Crippen molar-refractivity contribution in [3.63, 3.8) is 0 Å². The van der Waals surface area contributed by atoms with E-state index in [9.17, 15) is 4.79 Å². The van der Waals surface area contributed by atoms with Crippen molar-refractivity contribution in [3.8, 4) is 12.3 Å². The predicted octanol–water partition coefficient (Wildman–Crippen LogP) is 2.76. The highest BCUT2D eigenvalue weighted by Crippen LogP contribution is 2.17. The van der Waals surface area contributed by atoms with Gasteiger partial charge in [0.25, 0.3) is 0 Å². The van der Waals surface area contributed by atoms with Crippen LogP contribution in [0, 0.1) is 17.8 Å². The van der Waals surface area contributed by atoms with E-state index in [0.717, 1.165) is 29.7 Å². The van der Waals surface area contributed by atoms with Crippen molar-refractivity contribution in [2.45, 2.75) is 40.2 Å². The van der Waals surface area contributed by atoms with E-state index in [-0.39, 0.29) is 11.3 Å². The maximum atomic E-state index is 11.8. The van der Waals surface area contributed by atoms with Crippen LogP contribution in [0.3, 0.4) is 0 Å². The predicted molar refractivity (Wildman–Crippen MR) is 89.4 cm³/mol. The lowest BCUT2D eigenvalue weighted by Gasteiger charge is -2.17. The summed E-state index contributed by atoms with van der Waals surface area (Å²) in [7, 11) is 0. The third kappa shape index (κ3) is 3.67. The normalized spacial score (nSPS) is 11.4. The molecule has 116 valence electrons. The van der Waals surface area contributed by atoms with Crippen LogP contribution in [-0.4, -0.2) is 22.0 Å². The first-order valence-corrected chi connectivity index (χ1v) is 7.59. The van der Waals surface area contributed by atoms with Gasteiger partial charge in [0.15, 0.2) is 0 Å². The Hall–Kier alpha value is -2.28. The molecular weight excluding hydrogens is 274 g/mol. The quantitative estimate of drug-likeness (QED) is 0.681. The summed E-state index contributed by atoms with van der Waals surface area (Å²) in [4.78, 5) is 16.5. The first kappa shape index (κ1) is 16.1. The third-order valence-electron chi connectivity index (χ3n) is 3.53. The molecular formula is C18H23N3O. The Kier molecular flexibility index (Phi) is 4.87. The van der Waals surface area contributed by atoms with Crippen molar-refractivity contribution in [2.24, 2.45) is 5.41 Å². The summed E-state index contributed by atoms with van der Waals surface area (Å²) in [5, 5.41) is 2.96. The van der Waals surface area contributed by atoms with Crippen molar-refractivity contribution in [2.75, 3.05) is 6.54 Å².